The number of hydrogen-bond donors (Lipinski definition) is 0. The van der Waals surface area contributed by atoms with Gasteiger partial charge in [0, 0.05) is 6.20 Å². The zero-order valence-electron chi connectivity index (χ0n) is 9.84. The van der Waals surface area contributed by atoms with Crippen molar-refractivity contribution in [1.82, 2.24) is 14.3 Å². The molecule has 0 aromatic carbocycles. The summed E-state index contributed by atoms with van der Waals surface area (Å²) in [5.41, 5.74) is 2.58. The molecular weight excluding hydrogens is 214 g/mol. The van der Waals surface area contributed by atoms with Crippen molar-refractivity contribution >= 4 is 11.9 Å². The summed E-state index contributed by atoms with van der Waals surface area (Å²) in [5.74, 6) is 0. The fourth-order valence-electron chi connectivity index (χ4n) is 2.59. The van der Waals surface area contributed by atoms with E-state index in [1.165, 1.54) is 6.42 Å². The van der Waals surface area contributed by atoms with E-state index in [0.29, 0.717) is 11.7 Å². The van der Waals surface area contributed by atoms with Crippen LogP contribution in [0.4, 0.5) is 0 Å². The van der Waals surface area contributed by atoms with E-state index in [0.717, 1.165) is 30.6 Å². The minimum Gasteiger partial charge on any atom is -0.298 e. The van der Waals surface area contributed by atoms with Crippen LogP contribution in [0.2, 0.25) is 0 Å². The summed E-state index contributed by atoms with van der Waals surface area (Å²) in [6.07, 6.45) is 5.23. The molecule has 1 unspecified atom stereocenters. The summed E-state index contributed by atoms with van der Waals surface area (Å²) in [6, 6.07) is 6.01. The lowest BCUT2D eigenvalue weighted by Crippen LogP contribution is -2.17. The van der Waals surface area contributed by atoms with E-state index in [9.17, 15) is 4.79 Å². The molecule has 1 fully saturated rings. The summed E-state index contributed by atoms with van der Waals surface area (Å²) in [5, 5.41) is 0. The van der Waals surface area contributed by atoms with E-state index in [1.54, 1.807) is 0 Å². The fraction of sp³-hybridized carbons (Fsp3) is 0.385. The average Bonchev–Trinajstić information content (AvgIpc) is 2.93. The maximum absolute atomic E-state index is 11.0. The summed E-state index contributed by atoms with van der Waals surface area (Å²) in [6.45, 7) is 1.12. The predicted octanol–water partition coefficient (Wildman–Crippen LogP) is 1.91. The van der Waals surface area contributed by atoms with Gasteiger partial charge in [-0.3, -0.25) is 14.1 Å². The van der Waals surface area contributed by atoms with Gasteiger partial charge in [-0.2, -0.15) is 0 Å². The van der Waals surface area contributed by atoms with Gasteiger partial charge in [0.25, 0.3) is 0 Å². The molecule has 2 aromatic heterocycles. The molecule has 1 aliphatic heterocycles. The molecule has 3 rings (SSSR count). The zero-order chi connectivity index (χ0) is 11.8. The minimum atomic E-state index is 0.398. The van der Waals surface area contributed by atoms with Crippen LogP contribution in [0.1, 0.15) is 35.1 Å². The molecule has 0 spiro atoms. The maximum atomic E-state index is 11.0. The molecule has 0 radical (unpaired) electrons. The van der Waals surface area contributed by atoms with Crippen LogP contribution in [0, 0.1) is 0 Å². The van der Waals surface area contributed by atoms with Gasteiger partial charge in [0.2, 0.25) is 0 Å². The van der Waals surface area contributed by atoms with E-state index < -0.39 is 0 Å². The van der Waals surface area contributed by atoms with Crippen LogP contribution >= 0.6 is 0 Å². The largest absolute Gasteiger partial charge is 0.298 e. The van der Waals surface area contributed by atoms with Crippen LogP contribution in [0.15, 0.2) is 24.4 Å². The molecule has 4 nitrogen and oxygen atoms in total. The number of aldehydes is 1. The van der Waals surface area contributed by atoms with Crippen molar-refractivity contribution in [3.8, 4) is 0 Å². The molecule has 0 saturated carbocycles. The van der Waals surface area contributed by atoms with Gasteiger partial charge >= 0.3 is 0 Å². The Labute approximate surface area is 99.9 Å². The van der Waals surface area contributed by atoms with Crippen molar-refractivity contribution in [2.75, 3.05) is 13.6 Å². The highest BCUT2D eigenvalue weighted by Gasteiger charge is 2.24. The van der Waals surface area contributed by atoms with Crippen LogP contribution in [0.3, 0.4) is 0 Å². The number of likely N-dealkylation sites (tertiary alicyclic amines) is 1. The third kappa shape index (κ3) is 1.65. The minimum absolute atomic E-state index is 0.398. The van der Waals surface area contributed by atoms with E-state index >= 15 is 0 Å². The van der Waals surface area contributed by atoms with Crippen molar-refractivity contribution in [1.29, 1.82) is 0 Å². The molecule has 0 N–H and O–H groups in total. The van der Waals surface area contributed by atoms with E-state index in [1.807, 2.05) is 28.8 Å². The molecule has 1 aliphatic rings. The van der Waals surface area contributed by atoms with Crippen LogP contribution in [-0.2, 0) is 0 Å². The number of aromatic nitrogens is 2. The van der Waals surface area contributed by atoms with Crippen LogP contribution in [0.25, 0.3) is 5.65 Å². The second kappa shape index (κ2) is 3.96. The van der Waals surface area contributed by atoms with Gasteiger partial charge in [-0.1, -0.05) is 6.07 Å². The lowest BCUT2D eigenvalue weighted by Gasteiger charge is -2.16. The van der Waals surface area contributed by atoms with Crippen LogP contribution < -0.4 is 0 Å². The Bertz CT molecular complexity index is 561. The fourth-order valence-corrected chi connectivity index (χ4v) is 2.59. The molecule has 1 saturated heterocycles. The Morgan fingerprint density at radius 3 is 3.06 bits per heavy atom. The highest BCUT2D eigenvalue weighted by atomic mass is 16.1. The Balaban J connectivity index is 2.10. The number of carbonyl (C=O) groups excluding carboxylic acids is 1. The van der Waals surface area contributed by atoms with Gasteiger partial charge < -0.3 is 0 Å². The van der Waals surface area contributed by atoms with Gasteiger partial charge in [-0.25, -0.2) is 4.98 Å². The number of rotatable bonds is 2. The van der Waals surface area contributed by atoms with Crippen molar-refractivity contribution < 1.29 is 4.79 Å². The lowest BCUT2D eigenvalue weighted by molar-refractivity contribution is 0.111. The van der Waals surface area contributed by atoms with Gasteiger partial charge in [0.05, 0.1) is 17.4 Å². The molecule has 2 aromatic rings. The van der Waals surface area contributed by atoms with Crippen LogP contribution in [0.5, 0.6) is 0 Å². The lowest BCUT2D eigenvalue weighted by atomic mass is 10.2. The van der Waals surface area contributed by atoms with Crippen molar-refractivity contribution in [2.24, 2.45) is 0 Å². The van der Waals surface area contributed by atoms with Gasteiger partial charge in [-0.15, -0.1) is 0 Å². The summed E-state index contributed by atoms with van der Waals surface area (Å²) >= 11 is 0. The third-order valence-corrected chi connectivity index (χ3v) is 3.52. The van der Waals surface area contributed by atoms with E-state index in [-0.39, 0.29) is 0 Å². The first-order valence-electron chi connectivity index (χ1n) is 5.93. The maximum Gasteiger partial charge on any atom is 0.166 e. The van der Waals surface area contributed by atoms with Crippen molar-refractivity contribution in [3.63, 3.8) is 0 Å². The average molecular weight is 229 g/mol. The number of carbonyl (C=O) groups is 1. The first kappa shape index (κ1) is 10.5. The first-order valence-corrected chi connectivity index (χ1v) is 5.93. The van der Waals surface area contributed by atoms with Gasteiger partial charge in [-0.05, 0) is 38.6 Å². The molecule has 17 heavy (non-hydrogen) atoms. The number of hydrogen-bond acceptors (Lipinski definition) is 3. The highest BCUT2D eigenvalue weighted by molar-refractivity contribution is 5.73. The molecule has 0 aliphatic carbocycles. The third-order valence-electron chi connectivity index (χ3n) is 3.52. The topological polar surface area (TPSA) is 37.6 Å². The van der Waals surface area contributed by atoms with Gasteiger partial charge in [0.15, 0.2) is 6.29 Å². The molecule has 88 valence electrons. The van der Waals surface area contributed by atoms with E-state index in [4.69, 9.17) is 0 Å². The molecule has 4 heteroatoms. The standard InChI is InChI=1S/C13H15N3O/c1-15-7-3-5-12(15)11-8-16-10(9-17)4-2-6-13(16)14-11/h2,4,6,8-9,12H,3,5,7H2,1H3. The molecule has 0 amide bonds. The number of imidazole rings is 1. The number of nitrogens with zero attached hydrogens (tertiary/aromatic N) is 3. The predicted molar refractivity (Wildman–Crippen MR) is 65.2 cm³/mol. The SMILES string of the molecule is CN1CCCC1c1cn2c(C=O)cccc2n1. The second-order valence-electron chi connectivity index (χ2n) is 4.60. The zero-order valence-corrected chi connectivity index (χ0v) is 9.84. The van der Waals surface area contributed by atoms with Crippen LogP contribution in [-0.4, -0.2) is 34.2 Å². The Morgan fingerprint density at radius 1 is 1.47 bits per heavy atom. The molecule has 1 atom stereocenters. The summed E-state index contributed by atoms with van der Waals surface area (Å²) in [4.78, 5) is 17.9. The smallest absolute Gasteiger partial charge is 0.166 e. The number of fused-ring (bicyclic) bond motifs is 1. The molecule has 0 bridgehead atoms. The quantitative estimate of drug-likeness (QED) is 0.738. The Kier molecular flexibility index (Phi) is 2.44. The van der Waals surface area contributed by atoms with Crippen molar-refractivity contribution in [2.45, 2.75) is 18.9 Å². The molecule has 3 heterocycles. The summed E-state index contributed by atoms with van der Waals surface area (Å²) in [7, 11) is 2.13. The molecular formula is C13H15N3O. The van der Waals surface area contributed by atoms with Crippen molar-refractivity contribution in [3.05, 3.63) is 35.8 Å². The van der Waals surface area contributed by atoms with Gasteiger partial charge in [0.1, 0.15) is 5.65 Å². The van der Waals surface area contributed by atoms with E-state index in [2.05, 4.69) is 16.9 Å². The normalized spacial score (nSPS) is 21.1. The monoisotopic (exact) mass is 229 g/mol. The number of pyridine rings is 1. The summed E-state index contributed by atoms with van der Waals surface area (Å²) < 4.78 is 1.87. The first-order chi connectivity index (χ1) is 8.29. The Morgan fingerprint density at radius 2 is 2.35 bits per heavy atom. The highest BCUT2D eigenvalue weighted by Crippen LogP contribution is 2.29. The second-order valence-corrected chi connectivity index (χ2v) is 4.60. The Hall–Kier alpha value is -1.68.